The van der Waals surface area contributed by atoms with E-state index in [0.29, 0.717) is 32.4 Å². The summed E-state index contributed by atoms with van der Waals surface area (Å²) >= 11 is 0. The average molecular weight is 286 g/mol. The first kappa shape index (κ1) is 16.1. The van der Waals surface area contributed by atoms with Crippen LogP contribution in [0.15, 0.2) is 0 Å². The van der Waals surface area contributed by atoms with E-state index in [9.17, 15) is 14.4 Å². The molecular formula is C12H22N4O4. The Labute approximate surface area is 117 Å². The maximum atomic E-state index is 11.6. The molecule has 0 aromatic rings. The first-order valence-electron chi connectivity index (χ1n) is 6.62. The normalized spacial score (nSPS) is 21.1. The van der Waals surface area contributed by atoms with Gasteiger partial charge in [0.2, 0.25) is 0 Å². The monoisotopic (exact) mass is 286 g/mol. The number of amides is 4. The maximum Gasteiger partial charge on any atom is 0.316 e. The Morgan fingerprint density at radius 2 is 1.80 bits per heavy atom. The quantitative estimate of drug-likeness (QED) is 0.525. The molecule has 8 heteroatoms. The number of carboxylic acids is 1. The van der Waals surface area contributed by atoms with Gasteiger partial charge >= 0.3 is 18.0 Å². The van der Waals surface area contributed by atoms with E-state index < -0.39 is 5.97 Å². The lowest BCUT2D eigenvalue weighted by Crippen LogP contribution is -2.45. The molecule has 4 N–H and O–H groups in total. The molecule has 0 unspecified atom stereocenters. The number of carboxylic acid groups (broad SMARTS) is 1. The summed E-state index contributed by atoms with van der Waals surface area (Å²) in [7, 11) is 3.27. The van der Waals surface area contributed by atoms with Crippen LogP contribution in [0.3, 0.4) is 0 Å². The number of urea groups is 2. The first-order chi connectivity index (χ1) is 9.40. The second kappa shape index (κ2) is 7.56. The Hall–Kier alpha value is -1.99. The number of hydrogen-bond acceptors (Lipinski definition) is 3. The zero-order valence-corrected chi connectivity index (χ0v) is 11.8. The van der Waals surface area contributed by atoms with E-state index in [0.717, 1.165) is 0 Å². The number of carbonyl (C=O) groups is 3. The minimum absolute atomic E-state index is 0.0903. The van der Waals surface area contributed by atoms with E-state index in [-0.39, 0.29) is 24.0 Å². The molecule has 114 valence electrons. The lowest BCUT2D eigenvalue weighted by Gasteiger charge is -2.14. The van der Waals surface area contributed by atoms with Crippen molar-refractivity contribution in [2.24, 2.45) is 5.92 Å². The van der Waals surface area contributed by atoms with Crippen molar-refractivity contribution >= 4 is 18.0 Å². The molecule has 4 amide bonds. The molecule has 0 radical (unpaired) electrons. The number of nitrogens with zero attached hydrogens (tertiary/aromatic N) is 1. The molecule has 8 nitrogen and oxygen atoms in total. The van der Waals surface area contributed by atoms with E-state index in [4.69, 9.17) is 5.11 Å². The zero-order chi connectivity index (χ0) is 15.1. The van der Waals surface area contributed by atoms with Crippen molar-refractivity contribution in [1.82, 2.24) is 20.9 Å². The molecule has 1 rings (SSSR count). The Balaban J connectivity index is 2.12. The largest absolute Gasteiger partial charge is 0.481 e. The number of carbonyl (C=O) groups excluding carboxylic acids is 2. The van der Waals surface area contributed by atoms with E-state index in [1.54, 1.807) is 14.1 Å². The van der Waals surface area contributed by atoms with E-state index in [1.807, 2.05) is 0 Å². The molecule has 1 fully saturated rings. The minimum Gasteiger partial charge on any atom is -0.481 e. The molecule has 0 aliphatic heterocycles. The molecule has 0 saturated heterocycles. The predicted octanol–water partition coefficient (Wildman–Crippen LogP) is -0.190. The topological polar surface area (TPSA) is 111 Å². The van der Waals surface area contributed by atoms with Gasteiger partial charge < -0.3 is 26.0 Å². The smallest absolute Gasteiger partial charge is 0.316 e. The molecule has 20 heavy (non-hydrogen) atoms. The molecule has 0 spiro atoms. The van der Waals surface area contributed by atoms with Gasteiger partial charge in [0.15, 0.2) is 0 Å². The van der Waals surface area contributed by atoms with Crippen LogP contribution < -0.4 is 16.0 Å². The molecule has 0 heterocycles. The van der Waals surface area contributed by atoms with Crippen LogP contribution >= 0.6 is 0 Å². The standard InChI is InChI=1S/C12H22N4O4/c1-16(2)12(20)14-6-5-13-11(19)15-9-4-3-8(7-9)10(17)18/h8-9H,3-7H2,1-2H3,(H,14,20)(H,17,18)(H2,13,15,19)/t8-,9+/m1/s1. The lowest BCUT2D eigenvalue weighted by atomic mass is 10.1. The van der Waals surface area contributed by atoms with Crippen LogP contribution in [0.2, 0.25) is 0 Å². The minimum atomic E-state index is -0.805. The summed E-state index contributed by atoms with van der Waals surface area (Å²) in [4.78, 5) is 35.0. The number of nitrogens with one attached hydrogen (secondary N) is 3. The van der Waals surface area contributed by atoms with E-state index >= 15 is 0 Å². The number of aliphatic carboxylic acids is 1. The van der Waals surface area contributed by atoms with Gasteiger partial charge in [-0.3, -0.25) is 4.79 Å². The van der Waals surface area contributed by atoms with Gasteiger partial charge in [0.25, 0.3) is 0 Å². The Bertz CT molecular complexity index is 372. The predicted molar refractivity (Wildman–Crippen MR) is 72.4 cm³/mol. The zero-order valence-electron chi connectivity index (χ0n) is 11.8. The fourth-order valence-corrected chi connectivity index (χ4v) is 2.08. The average Bonchev–Trinajstić information content (AvgIpc) is 2.82. The highest BCUT2D eigenvalue weighted by Gasteiger charge is 2.30. The molecule has 2 atom stereocenters. The summed E-state index contributed by atoms with van der Waals surface area (Å²) < 4.78 is 0. The van der Waals surface area contributed by atoms with Crippen molar-refractivity contribution < 1.29 is 19.5 Å². The van der Waals surface area contributed by atoms with Crippen molar-refractivity contribution in [3.05, 3.63) is 0 Å². The van der Waals surface area contributed by atoms with Gasteiger partial charge in [-0.15, -0.1) is 0 Å². The molecule has 1 aliphatic rings. The van der Waals surface area contributed by atoms with Gasteiger partial charge in [-0.25, -0.2) is 9.59 Å². The lowest BCUT2D eigenvalue weighted by molar-refractivity contribution is -0.141. The van der Waals surface area contributed by atoms with Gasteiger partial charge in [0.05, 0.1) is 5.92 Å². The molecular weight excluding hydrogens is 264 g/mol. The fraction of sp³-hybridized carbons (Fsp3) is 0.750. The number of rotatable bonds is 5. The van der Waals surface area contributed by atoms with Gasteiger partial charge in [0.1, 0.15) is 0 Å². The van der Waals surface area contributed by atoms with Crippen molar-refractivity contribution in [2.75, 3.05) is 27.2 Å². The SMILES string of the molecule is CN(C)C(=O)NCCNC(=O)N[C@H]1CC[C@@H](C(=O)O)C1. The van der Waals surface area contributed by atoms with Crippen LogP contribution in [0.25, 0.3) is 0 Å². The van der Waals surface area contributed by atoms with Crippen LogP contribution in [-0.2, 0) is 4.79 Å². The highest BCUT2D eigenvalue weighted by molar-refractivity contribution is 5.75. The summed E-state index contributed by atoms with van der Waals surface area (Å²) in [6, 6.07) is -0.639. The third-order valence-electron chi connectivity index (χ3n) is 3.21. The van der Waals surface area contributed by atoms with Crippen molar-refractivity contribution in [1.29, 1.82) is 0 Å². The third-order valence-corrected chi connectivity index (χ3v) is 3.21. The Morgan fingerprint density at radius 1 is 1.15 bits per heavy atom. The van der Waals surface area contributed by atoms with Crippen LogP contribution in [-0.4, -0.2) is 61.3 Å². The summed E-state index contributed by atoms with van der Waals surface area (Å²) in [5, 5.41) is 16.8. The van der Waals surface area contributed by atoms with E-state index in [1.165, 1.54) is 4.90 Å². The van der Waals surface area contributed by atoms with Crippen LogP contribution in [0.4, 0.5) is 9.59 Å². The second-order valence-corrected chi connectivity index (χ2v) is 5.07. The highest BCUT2D eigenvalue weighted by atomic mass is 16.4. The van der Waals surface area contributed by atoms with E-state index in [2.05, 4.69) is 16.0 Å². The summed E-state index contributed by atoms with van der Waals surface area (Å²) in [5.41, 5.74) is 0. The number of hydrogen-bond donors (Lipinski definition) is 4. The second-order valence-electron chi connectivity index (χ2n) is 5.07. The van der Waals surface area contributed by atoms with Crippen LogP contribution in [0.1, 0.15) is 19.3 Å². The molecule has 0 aromatic carbocycles. The Morgan fingerprint density at radius 3 is 2.35 bits per heavy atom. The van der Waals surface area contributed by atoms with Gasteiger partial charge in [-0.2, -0.15) is 0 Å². The molecule has 1 saturated carbocycles. The van der Waals surface area contributed by atoms with Gasteiger partial charge in [-0.1, -0.05) is 0 Å². The summed E-state index contributed by atoms with van der Waals surface area (Å²) in [6.45, 7) is 0.660. The highest BCUT2D eigenvalue weighted by Crippen LogP contribution is 2.25. The molecule has 0 bridgehead atoms. The Kier molecular flexibility index (Phi) is 6.08. The van der Waals surface area contributed by atoms with Crippen LogP contribution in [0.5, 0.6) is 0 Å². The summed E-state index contributed by atoms with van der Waals surface area (Å²) in [6.07, 6.45) is 1.75. The van der Waals surface area contributed by atoms with Crippen molar-refractivity contribution in [3.63, 3.8) is 0 Å². The molecule has 1 aliphatic carbocycles. The molecule has 0 aromatic heterocycles. The summed E-state index contributed by atoms with van der Waals surface area (Å²) in [5.74, 6) is -1.17. The van der Waals surface area contributed by atoms with Gasteiger partial charge in [0, 0.05) is 33.2 Å². The van der Waals surface area contributed by atoms with Crippen molar-refractivity contribution in [2.45, 2.75) is 25.3 Å². The van der Waals surface area contributed by atoms with Crippen molar-refractivity contribution in [3.8, 4) is 0 Å². The van der Waals surface area contributed by atoms with Gasteiger partial charge in [-0.05, 0) is 19.3 Å². The fourth-order valence-electron chi connectivity index (χ4n) is 2.08. The first-order valence-corrected chi connectivity index (χ1v) is 6.62. The maximum absolute atomic E-state index is 11.6. The van der Waals surface area contributed by atoms with Crippen LogP contribution in [0, 0.1) is 5.92 Å². The third kappa shape index (κ3) is 5.33.